The van der Waals surface area contributed by atoms with Gasteiger partial charge in [-0.25, -0.2) is 0 Å². The number of methoxy groups -OCH3 is 1. The van der Waals surface area contributed by atoms with Gasteiger partial charge >= 0.3 is 0 Å². The molecule has 0 fully saturated rings. The zero-order valence-electron chi connectivity index (χ0n) is 5.48. The predicted molar refractivity (Wildman–Crippen MR) is 33.3 cm³/mol. The van der Waals surface area contributed by atoms with Gasteiger partial charge in [-0.15, -0.1) is 0 Å². The second-order valence-corrected chi connectivity index (χ2v) is 1.61. The minimum atomic E-state index is -0.296. The number of rotatable bonds is 4. The smallest absolute Gasteiger partial charge is 0.160 e. The van der Waals surface area contributed by atoms with Gasteiger partial charge in [0.2, 0.25) is 0 Å². The Kier molecular flexibility index (Phi) is 4.95. The Labute approximate surface area is 50.2 Å². The molecule has 0 aromatic heterocycles. The van der Waals surface area contributed by atoms with E-state index in [0.717, 1.165) is 13.0 Å². The molecule has 3 heteroatoms. The van der Waals surface area contributed by atoms with E-state index in [9.17, 15) is 0 Å². The quantitative estimate of drug-likeness (QED) is 0.506. The molecule has 0 saturated carbocycles. The van der Waals surface area contributed by atoms with E-state index >= 15 is 0 Å². The van der Waals surface area contributed by atoms with Gasteiger partial charge in [0, 0.05) is 7.11 Å². The van der Waals surface area contributed by atoms with Gasteiger partial charge in [0.1, 0.15) is 0 Å². The maximum atomic E-state index is 5.33. The van der Waals surface area contributed by atoms with Crippen molar-refractivity contribution in [1.82, 2.24) is 5.32 Å². The van der Waals surface area contributed by atoms with Crippen molar-refractivity contribution in [3.8, 4) is 0 Å². The third kappa shape index (κ3) is 4.05. The largest absolute Gasteiger partial charge is 0.353 e. The number of ether oxygens (including phenoxy) is 1. The lowest BCUT2D eigenvalue weighted by molar-refractivity contribution is 0.0798. The van der Waals surface area contributed by atoms with E-state index in [0.29, 0.717) is 0 Å². The lowest BCUT2D eigenvalue weighted by Crippen LogP contribution is -2.39. The van der Waals surface area contributed by atoms with Crippen LogP contribution < -0.4 is 11.1 Å². The minimum Gasteiger partial charge on any atom is -0.353 e. The van der Waals surface area contributed by atoms with E-state index in [1.54, 1.807) is 7.11 Å². The van der Waals surface area contributed by atoms with Crippen LogP contribution in [-0.4, -0.2) is 20.0 Å². The summed E-state index contributed by atoms with van der Waals surface area (Å²) >= 11 is 0. The minimum absolute atomic E-state index is 0.296. The summed E-state index contributed by atoms with van der Waals surface area (Å²) < 4.78 is 4.72. The summed E-state index contributed by atoms with van der Waals surface area (Å²) in [5, 5.41) is 2.94. The lowest BCUT2D eigenvalue weighted by Gasteiger charge is -2.09. The molecule has 0 aromatic carbocycles. The second-order valence-electron chi connectivity index (χ2n) is 1.61. The second kappa shape index (κ2) is 5.03. The summed E-state index contributed by atoms with van der Waals surface area (Å²) in [6.07, 6.45) is 0.784. The van der Waals surface area contributed by atoms with Gasteiger partial charge in [0.15, 0.2) is 6.35 Å². The fraction of sp³-hybridized carbons (Fsp3) is 1.00. The topological polar surface area (TPSA) is 47.3 Å². The lowest BCUT2D eigenvalue weighted by atomic mass is 10.5. The molecule has 0 heterocycles. The van der Waals surface area contributed by atoms with E-state index in [1.165, 1.54) is 0 Å². The Morgan fingerprint density at radius 1 is 1.75 bits per heavy atom. The molecule has 0 aliphatic heterocycles. The Morgan fingerprint density at radius 3 is 2.75 bits per heavy atom. The number of nitrogens with one attached hydrogen (secondary N) is 1. The van der Waals surface area contributed by atoms with Crippen LogP contribution in [0, 0.1) is 0 Å². The van der Waals surface area contributed by atoms with Crippen molar-refractivity contribution in [1.29, 1.82) is 0 Å². The highest BCUT2D eigenvalue weighted by Gasteiger charge is 1.92. The van der Waals surface area contributed by atoms with Crippen molar-refractivity contribution in [3.63, 3.8) is 0 Å². The first-order valence-electron chi connectivity index (χ1n) is 2.83. The van der Waals surface area contributed by atoms with Gasteiger partial charge < -0.3 is 4.74 Å². The molecule has 0 aliphatic carbocycles. The highest BCUT2D eigenvalue weighted by molar-refractivity contribution is 4.42. The van der Waals surface area contributed by atoms with E-state index in [4.69, 9.17) is 10.5 Å². The summed E-state index contributed by atoms with van der Waals surface area (Å²) in [7, 11) is 1.58. The average Bonchev–Trinajstić information content (AvgIpc) is 1.83. The zero-order valence-corrected chi connectivity index (χ0v) is 5.48. The van der Waals surface area contributed by atoms with Crippen molar-refractivity contribution in [2.45, 2.75) is 19.7 Å². The molecule has 0 bridgehead atoms. The van der Waals surface area contributed by atoms with Crippen LogP contribution >= 0.6 is 0 Å². The number of hydrogen-bond acceptors (Lipinski definition) is 3. The van der Waals surface area contributed by atoms with Crippen molar-refractivity contribution in [2.24, 2.45) is 5.73 Å². The normalized spacial score (nSPS) is 13.9. The average molecular weight is 118 g/mol. The van der Waals surface area contributed by atoms with Crippen molar-refractivity contribution in [2.75, 3.05) is 13.7 Å². The molecule has 50 valence electrons. The van der Waals surface area contributed by atoms with Crippen LogP contribution in [0.15, 0.2) is 0 Å². The molecule has 0 amide bonds. The van der Waals surface area contributed by atoms with Crippen LogP contribution in [0.4, 0.5) is 0 Å². The van der Waals surface area contributed by atoms with Crippen LogP contribution in [0.25, 0.3) is 0 Å². The molecule has 0 saturated heterocycles. The van der Waals surface area contributed by atoms with Gasteiger partial charge in [-0.2, -0.15) is 0 Å². The Hall–Kier alpha value is -0.120. The SMILES string of the molecule is CCCNC(N)OC. The van der Waals surface area contributed by atoms with Crippen LogP contribution in [0.5, 0.6) is 0 Å². The third-order valence-corrected chi connectivity index (χ3v) is 0.849. The van der Waals surface area contributed by atoms with E-state index in [2.05, 4.69) is 12.2 Å². The van der Waals surface area contributed by atoms with Gasteiger partial charge in [0.25, 0.3) is 0 Å². The summed E-state index contributed by atoms with van der Waals surface area (Å²) in [4.78, 5) is 0. The molecule has 0 aliphatic rings. The van der Waals surface area contributed by atoms with Gasteiger partial charge in [-0.3, -0.25) is 11.1 Å². The molecular formula is C5H14N2O. The summed E-state index contributed by atoms with van der Waals surface area (Å²) in [6.45, 7) is 2.99. The Bertz CT molecular complexity index is 49.7. The Balaban J connectivity index is 2.86. The number of nitrogens with two attached hydrogens (primary N) is 1. The standard InChI is InChI=1S/C5H14N2O/c1-3-4-7-5(6)8-2/h5,7H,3-4,6H2,1-2H3. The molecule has 8 heavy (non-hydrogen) atoms. The van der Waals surface area contributed by atoms with Gasteiger partial charge in [-0.1, -0.05) is 6.92 Å². The predicted octanol–water partition coefficient (Wildman–Crippen LogP) is -0.125. The highest BCUT2D eigenvalue weighted by atomic mass is 16.5. The molecule has 3 N–H and O–H groups in total. The summed E-state index contributed by atoms with van der Waals surface area (Å²) in [5.41, 5.74) is 5.33. The molecule has 0 aromatic rings. The zero-order chi connectivity index (χ0) is 6.41. The van der Waals surface area contributed by atoms with Crippen molar-refractivity contribution < 1.29 is 4.74 Å². The van der Waals surface area contributed by atoms with E-state index in [1.807, 2.05) is 0 Å². The van der Waals surface area contributed by atoms with Crippen LogP contribution in [0.3, 0.4) is 0 Å². The molecular weight excluding hydrogens is 104 g/mol. The van der Waals surface area contributed by atoms with Gasteiger partial charge in [-0.05, 0) is 13.0 Å². The monoisotopic (exact) mass is 118 g/mol. The van der Waals surface area contributed by atoms with E-state index < -0.39 is 0 Å². The molecule has 0 rings (SSSR count). The summed E-state index contributed by atoms with van der Waals surface area (Å²) in [6, 6.07) is 0. The molecule has 1 unspecified atom stereocenters. The molecule has 0 spiro atoms. The third-order valence-electron chi connectivity index (χ3n) is 0.849. The molecule has 3 nitrogen and oxygen atoms in total. The first kappa shape index (κ1) is 7.88. The highest BCUT2D eigenvalue weighted by Crippen LogP contribution is 1.73. The van der Waals surface area contributed by atoms with Crippen molar-refractivity contribution >= 4 is 0 Å². The maximum absolute atomic E-state index is 5.33. The molecule has 1 atom stereocenters. The summed E-state index contributed by atoms with van der Waals surface area (Å²) in [5.74, 6) is 0. The fourth-order valence-electron chi connectivity index (χ4n) is 0.370. The number of hydrogen-bond donors (Lipinski definition) is 2. The first-order chi connectivity index (χ1) is 3.81. The molecule has 0 radical (unpaired) electrons. The van der Waals surface area contributed by atoms with Gasteiger partial charge in [0.05, 0.1) is 0 Å². The van der Waals surface area contributed by atoms with Crippen LogP contribution in [0.2, 0.25) is 0 Å². The fourth-order valence-corrected chi connectivity index (χ4v) is 0.370. The maximum Gasteiger partial charge on any atom is 0.160 e. The Morgan fingerprint density at radius 2 is 2.38 bits per heavy atom. The van der Waals surface area contributed by atoms with Crippen LogP contribution in [-0.2, 0) is 4.74 Å². The van der Waals surface area contributed by atoms with Crippen LogP contribution in [0.1, 0.15) is 13.3 Å². The first-order valence-corrected chi connectivity index (χ1v) is 2.83. The van der Waals surface area contributed by atoms with E-state index in [-0.39, 0.29) is 6.35 Å². The van der Waals surface area contributed by atoms with Crippen molar-refractivity contribution in [3.05, 3.63) is 0 Å².